The van der Waals surface area contributed by atoms with Gasteiger partial charge < -0.3 is 14.7 Å². The third-order valence-corrected chi connectivity index (χ3v) is 10.1. The first kappa shape index (κ1) is 29.8. The number of aliphatic carboxylic acids is 1. The van der Waals surface area contributed by atoms with E-state index >= 15 is 0 Å². The number of nitrogens with zero attached hydrogens (tertiary/aromatic N) is 2. The van der Waals surface area contributed by atoms with Gasteiger partial charge >= 0.3 is 5.97 Å². The molecule has 1 N–H and O–H groups in total. The van der Waals surface area contributed by atoms with Gasteiger partial charge in [-0.1, -0.05) is 47.5 Å². The Balaban J connectivity index is 1.88. The van der Waals surface area contributed by atoms with E-state index in [0.29, 0.717) is 21.2 Å². The first-order valence-electron chi connectivity index (χ1n) is 12.9. The number of amides is 1. The summed E-state index contributed by atoms with van der Waals surface area (Å²) in [6.07, 6.45) is -1.10. The van der Waals surface area contributed by atoms with Crippen molar-refractivity contribution in [3.63, 3.8) is 0 Å². The minimum atomic E-state index is -3.80. The van der Waals surface area contributed by atoms with Crippen LogP contribution in [0.5, 0.6) is 0 Å². The molecule has 0 unspecified atom stereocenters. The normalized spacial score (nSPS) is 23.2. The molecule has 39 heavy (non-hydrogen) atoms. The molecule has 2 aliphatic rings. The van der Waals surface area contributed by atoms with Crippen molar-refractivity contribution in [2.45, 2.75) is 69.9 Å². The first-order valence-corrected chi connectivity index (χ1v) is 15.2. The molecule has 1 heterocycles. The van der Waals surface area contributed by atoms with Crippen molar-refractivity contribution in [1.82, 2.24) is 9.21 Å². The Bertz CT molecular complexity index is 1320. The number of hydrogen-bond donors (Lipinski definition) is 1. The highest BCUT2D eigenvalue weighted by Gasteiger charge is 2.52. The summed E-state index contributed by atoms with van der Waals surface area (Å²) in [6, 6.07) is 12.5. The largest absolute Gasteiger partial charge is 0.481 e. The molecule has 8 nitrogen and oxygen atoms in total. The number of carboxylic acid groups (broad SMARTS) is 1. The van der Waals surface area contributed by atoms with Crippen LogP contribution >= 0.6 is 23.2 Å². The number of carbonyl (C=O) groups is 2. The maximum absolute atomic E-state index is 14.1. The van der Waals surface area contributed by atoms with Gasteiger partial charge in [-0.05, 0) is 74.9 Å². The molecule has 1 aliphatic heterocycles. The fourth-order valence-electron chi connectivity index (χ4n) is 5.03. The Kier molecular flexibility index (Phi) is 8.69. The predicted molar refractivity (Wildman–Crippen MR) is 150 cm³/mol. The summed E-state index contributed by atoms with van der Waals surface area (Å²) in [5, 5.41) is 10.6. The zero-order chi connectivity index (χ0) is 28.7. The smallest absolute Gasteiger partial charge is 0.306 e. The van der Waals surface area contributed by atoms with E-state index in [-0.39, 0.29) is 11.7 Å². The van der Waals surface area contributed by atoms with Crippen LogP contribution < -0.4 is 0 Å². The lowest BCUT2D eigenvalue weighted by atomic mass is 9.89. The van der Waals surface area contributed by atoms with Crippen LogP contribution in [0.25, 0.3) is 0 Å². The van der Waals surface area contributed by atoms with Crippen LogP contribution in [0.2, 0.25) is 10.0 Å². The van der Waals surface area contributed by atoms with Crippen LogP contribution in [0, 0.1) is 5.92 Å². The van der Waals surface area contributed by atoms with Crippen LogP contribution in [0.3, 0.4) is 0 Å². The van der Waals surface area contributed by atoms with E-state index in [1.165, 1.54) is 4.31 Å². The maximum Gasteiger partial charge on any atom is 0.306 e. The number of sulfonamides is 1. The minimum Gasteiger partial charge on any atom is -0.481 e. The van der Waals surface area contributed by atoms with E-state index in [9.17, 15) is 23.1 Å². The van der Waals surface area contributed by atoms with E-state index in [1.807, 2.05) is 26.8 Å². The summed E-state index contributed by atoms with van der Waals surface area (Å²) >= 11 is 12.5. The third kappa shape index (κ3) is 6.77. The molecule has 4 atom stereocenters. The highest BCUT2D eigenvalue weighted by atomic mass is 35.5. The minimum absolute atomic E-state index is 0.0458. The monoisotopic (exact) mass is 596 g/mol. The fourth-order valence-corrected chi connectivity index (χ4v) is 7.28. The van der Waals surface area contributed by atoms with E-state index < -0.39 is 58.2 Å². The quantitative estimate of drug-likeness (QED) is 0.420. The zero-order valence-corrected chi connectivity index (χ0v) is 24.7. The fraction of sp³-hybridized carbons (Fsp3) is 0.500. The molecule has 2 aromatic carbocycles. The second-order valence-electron chi connectivity index (χ2n) is 11.3. The molecule has 4 rings (SSSR count). The molecule has 11 heteroatoms. The Hall–Kier alpha value is -2.17. The third-order valence-electron chi connectivity index (χ3n) is 7.44. The van der Waals surface area contributed by atoms with Crippen molar-refractivity contribution in [1.29, 1.82) is 0 Å². The number of hydrogen-bond acceptors (Lipinski definition) is 5. The number of rotatable bonds is 9. The van der Waals surface area contributed by atoms with Crippen molar-refractivity contribution in [2.75, 3.05) is 12.8 Å². The molecule has 0 aromatic heterocycles. The molecule has 212 valence electrons. The molecule has 1 amide bonds. The van der Waals surface area contributed by atoms with Crippen LogP contribution in [-0.4, -0.2) is 65.1 Å². The van der Waals surface area contributed by atoms with Crippen molar-refractivity contribution in [3.05, 3.63) is 69.7 Å². The Morgan fingerprint density at radius 2 is 1.74 bits per heavy atom. The van der Waals surface area contributed by atoms with Crippen LogP contribution in [0.1, 0.15) is 63.3 Å². The first-order chi connectivity index (χ1) is 18.2. The zero-order valence-electron chi connectivity index (χ0n) is 22.4. The van der Waals surface area contributed by atoms with Gasteiger partial charge in [0.25, 0.3) is 5.91 Å². The molecule has 2 aromatic rings. The van der Waals surface area contributed by atoms with Gasteiger partial charge in [-0.25, -0.2) is 8.42 Å². The number of halogens is 2. The lowest BCUT2D eigenvalue weighted by Crippen LogP contribution is -2.58. The lowest BCUT2D eigenvalue weighted by Gasteiger charge is -2.48. The van der Waals surface area contributed by atoms with Gasteiger partial charge in [0.15, 0.2) is 0 Å². The summed E-state index contributed by atoms with van der Waals surface area (Å²) in [6.45, 7) is 5.43. The number of morpholine rings is 1. The van der Waals surface area contributed by atoms with Gasteiger partial charge in [0.05, 0.1) is 24.3 Å². The van der Waals surface area contributed by atoms with E-state index in [1.54, 1.807) is 54.4 Å². The Morgan fingerprint density at radius 3 is 2.28 bits per heavy atom. The number of carboxylic acids is 1. The summed E-state index contributed by atoms with van der Waals surface area (Å²) in [5.41, 5.74) is 0.686. The number of ether oxygens (including phenoxy) is 1. The van der Waals surface area contributed by atoms with Gasteiger partial charge in [-0.15, -0.1) is 0 Å². The molecule has 0 radical (unpaired) electrons. The lowest BCUT2D eigenvalue weighted by molar-refractivity contribution is -0.183. The highest BCUT2D eigenvalue weighted by molar-refractivity contribution is 7.89. The molecule has 0 bridgehead atoms. The van der Waals surface area contributed by atoms with Crippen LogP contribution in [-0.2, 0) is 24.3 Å². The van der Waals surface area contributed by atoms with Gasteiger partial charge in [0.1, 0.15) is 12.2 Å². The highest BCUT2D eigenvalue weighted by Crippen LogP contribution is 2.48. The average Bonchev–Trinajstić information content (AvgIpc) is 3.68. The van der Waals surface area contributed by atoms with Gasteiger partial charge in [-0.2, -0.15) is 4.31 Å². The molecule has 1 saturated carbocycles. The van der Waals surface area contributed by atoms with E-state index in [2.05, 4.69) is 0 Å². The molecular weight excluding hydrogens is 563 g/mol. The predicted octanol–water partition coefficient (Wildman–Crippen LogP) is 5.32. The Labute approximate surface area is 239 Å². The summed E-state index contributed by atoms with van der Waals surface area (Å²) in [5.74, 6) is -2.06. The average molecular weight is 598 g/mol. The molecule has 0 spiro atoms. The second-order valence-corrected chi connectivity index (χ2v) is 14.2. The molecular formula is C28H34Cl2N2O6S. The van der Waals surface area contributed by atoms with Crippen LogP contribution in [0.4, 0.5) is 0 Å². The molecule has 2 fully saturated rings. The molecule has 1 saturated heterocycles. The van der Waals surface area contributed by atoms with E-state index in [0.717, 1.165) is 12.8 Å². The van der Waals surface area contributed by atoms with Crippen molar-refractivity contribution in [3.8, 4) is 0 Å². The summed E-state index contributed by atoms with van der Waals surface area (Å²) < 4.78 is 34.9. The topological polar surface area (TPSA) is 104 Å². The van der Waals surface area contributed by atoms with Crippen molar-refractivity contribution in [2.24, 2.45) is 5.92 Å². The van der Waals surface area contributed by atoms with Crippen molar-refractivity contribution >= 4 is 45.1 Å². The second kappa shape index (κ2) is 11.4. The van der Waals surface area contributed by atoms with Gasteiger partial charge in [0.2, 0.25) is 10.0 Å². The number of carbonyl (C=O) groups excluding carboxylic acids is 1. The van der Waals surface area contributed by atoms with Gasteiger partial charge in [0, 0.05) is 22.6 Å². The maximum atomic E-state index is 14.1. The molecule has 1 aliphatic carbocycles. The van der Waals surface area contributed by atoms with Gasteiger partial charge in [-0.3, -0.25) is 9.59 Å². The van der Waals surface area contributed by atoms with E-state index in [4.69, 9.17) is 27.9 Å². The Morgan fingerprint density at radius 1 is 1.10 bits per heavy atom. The van der Waals surface area contributed by atoms with Crippen molar-refractivity contribution < 1.29 is 27.9 Å². The standard InChI is InChI=1S/C28H34Cl2N2O6S/c1-28(2,3)31(4)39(36,37)16-22(17-8-9-17)32-25(18-10-12-20(29)13-11-18)26(19-6-5-7-21(30)14-19)38-23(27(32)35)15-24(33)34/h5-7,10-14,17,22-23,25-26H,8-9,15-16H2,1-4H3,(H,33,34)/t22-,23+,25-,26-/m1/s1. The van der Waals surface area contributed by atoms with Crippen LogP contribution in [0.15, 0.2) is 48.5 Å². The number of benzene rings is 2. The summed E-state index contributed by atoms with van der Waals surface area (Å²) in [4.78, 5) is 27.4. The summed E-state index contributed by atoms with van der Waals surface area (Å²) in [7, 11) is -2.26. The SMILES string of the molecule is CN(C(C)(C)C)S(=O)(=O)C[C@H](C1CC1)N1C(=O)[C@H](CC(=O)O)O[C@H](c2cccc(Cl)c2)[C@H]1c1ccc(Cl)cc1.